The first-order valence-electron chi connectivity index (χ1n) is 9.63. The van der Waals surface area contributed by atoms with Gasteiger partial charge in [0.05, 0.1) is 18.0 Å². The van der Waals surface area contributed by atoms with Gasteiger partial charge in [-0.25, -0.2) is 0 Å². The van der Waals surface area contributed by atoms with E-state index in [1.54, 1.807) is 0 Å². The normalized spacial score (nSPS) is 30.2. The fraction of sp³-hybridized carbons (Fsp3) is 0.750. The molecule has 5 atom stereocenters. The molecule has 26 heavy (non-hydrogen) atoms. The minimum Gasteiger partial charge on any atom is -0.495 e. The molecule has 0 aromatic carbocycles. The third-order valence-electron chi connectivity index (χ3n) is 5.26. The van der Waals surface area contributed by atoms with E-state index in [9.17, 15) is 15.0 Å². The predicted molar refractivity (Wildman–Crippen MR) is 99.6 cm³/mol. The molecule has 6 nitrogen and oxygen atoms in total. The molecule has 6 heteroatoms. The van der Waals surface area contributed by atoms with Gasteiger partial charge < -0.3 is 25.5 Å². The molecule has 0 unspecified atom stereocenters. The van der Waals surface area contributed by atoms with Crippen LogP contribution in [0.3, 0.4) is 0 Å². The molecule has 0 radical (unpaired) electrons. The summed E-state index contributed by atoms with van der Waals surface area (Å²) in [6.07, 6.45) is 12.0. The molecular weight excluding hydrogens is 336 g/mol. The van der Waals surface area contributed by atoms with E-state index in [2.05, 4.69) is 6.92 Å². The number of ether oxygens (including phenoxy) is 1. The number of carboxylic acid groups (broad SMARTS) is 1. The van der Waals surface area contributed by atoms with Crippen molar-refractivity contribution in [3.8, 4) is 0 Å². The molecule has 1 saturated heterocycles. The van der Waals surface area contributed by atoms with Crippen LogP contribution in [0.4, 0.5) is 0 Å². The standard InChI is InChI=1S/C20H32O5.H2O/c1-2-3-4-7-14(21)10-11-16-17-12-15(8-5-6-9-20(23)24)25-19(17)13-18(16)22;/h8,10-11,14,16-19,21-22H,2-7,9,12-13H2,1H3,(H,23,24);1H2/b11-10+,15-8-;/t14-,16+,17+,18+,19-;/m0./s1. The van der Waals surface area contributed by atoms with Gasteiger partial charge >= 0.3 is 5.97 Å². The predicted octanol–water partition coefficient (Wildman–Crippen LogP) is 2.58. The van der Waals surface area contributed by atoms with Gasteiger partial charge in [-0.3, -0.25) is 4.79 Å². The fourth-order valence-electron chi connectivity index (χ4n) is 3.86. The van der Waals surface area contributed by atoms with Crippen LogP contribution in [0.2, 0.25) is 0 Å². The van der Waals surface area contributed by atoms with E-state index in [4.69, 9.17) is 9.84 Å². The monoisotopic (exact) mass is 370 g/mol. The second-order valence-corrected chi connectivity index (χ2v) is 7.31. The van der Waals surface area contributed by atoms with E-state index in [0.29, 0.717) is 19.3 Å². The summed E-state index contributed by atoms with van der Waals surface area (Å²) in [6.45, 7) is 2.14. The maximum atomic E-state index is 10.5. The number of rotatable bonds is 10. The number of aliphatic hydroxyl groups excluding tert-OH is 2. The summed E-state index contributed by atoms with van der Waals surface area (Å²) in [7, 11) is 0. The van der Waals surface area contributed by atoms with E-state index in [1.165, 1.54) is 0 Å². The van der Waals surface area contributed by atoms with E-state index in [1.807, 2.05) is 18.2 Å². The van der Waals surface area contributed by atoms with Crippen molar-refractivity contribution in [2.24, 2.45) is 11.8 Å². The third-order valence-corrected chi connectivity index (χ3v) is 5.26. The number of aliphatic carboxylic acids is 1. The van der Waals surface area contributed by atoms with E-state index in [-0.39, 0.29) is 29.8 Å². The average molecular weight is 370 g/mol. The van der Waals surface area contributed by atoms with Gasteiger partial charge in [0.25, 0.3) is 0 Å². The second-order valence-electron chi connectivity index (χ2n) is 7.31. The Morgan fingerprint density at radius 1 is 1.35 bits per heavy atom. The highest BCUT2D eigenvalue weighted by Gasteiger charge is 2.46. The zero-order valence-corrected chi connectivity index (χ0v) is 15.6. The summed E-state index contributed by atoms with van der Waals surface area (Å²) in [5.74, 6) is 0.429. The number of fused-ring (bicyclic) bond motifs is 1. The van der Waals surface area contributed by atoms with Gasteiger partial charge in [-0.05, 0) is 25.3 Å². The van der Waals surface area contributed by atoms with Crippen LogP contribution in [-0.2, 0) is 9.53 Å². The minimum absolute atomic E-state index is 0. The maximum absolute atomic E-state index is 10.5. The molecular formula is C20H34O6. The van der Waals surface area contributed by atoms with E-state index in [0.717, 1.165) is 37.9 Å². The number of aliphatic hydroxyl groups is 2. The van der Waals surface area contributed by atoms with Crippen LogP contribution < -0.4 is 0 Å². The van der Waals surface area contributed by atoms with Gasteiger partial charge in [-0.1, -0.05) is 38.3 Å². The molecule has 2 rings (SSSR count). The number of hydrogen-bond acceptors (Lipinski definition) is 4. The SMILES string of the molecule is CCCCC[C@H](O)/C=C/[C@@H]1[C@H]2C/C(=C/CCCC(=O)O)O[C@H]2C[C@H]1O.O. The van der Waals surface area contributed by atoms with Crippen molar-refractivity contribution in [3.63, 3.8) is 0 Å². The molecule has 150 valence electrons. The average Bonchev–Trinajstić information content (AvgIpc) is 3.06. The van der Waals surface area contributed by atoms with Gasteiger partial charge in [0, 0.05) is 31.1 Å². The highest BCUT2D eigenvalue weighted by molar-refractivity contribution is 5.66. The molecule has 1 aliphatic heterocycles. The van der Waals surface area contributed by atoms with Gasteiger partial charge in [0.15, 0.2) is 0 Å². The first-order valence-corrected chi connectivity index (χ1v) is 9.63. The lowest BCUT2D eigenvalue weighted by atomic mass is 9.90. The second kappa shape index (κ2) is 11.4. The molecule has 0 aromatic rings. The third kappa shape index (κ3) is 6.74. The summed E-state index contributed by atoms with van der Waals surface area (Å²) in [5.41, 5.74) is 0. The van der Waals surface area contributed by atoms with Crippen LogP contribution in [0.5, 0.6) is 0 Å². The van der Waals surface area contributed by atoms with Crippen LogP contribution in [0.25, 0.3) is 0 Å². The van der Waals surface area contributed by atoms with E-state index >= 15 is 0 Å². The van der Waals surface area contributed by atoms with E-state index < -0.39 is 18.2 Å². The van der Waals surface area contributed by atoms with Crippen LogP contribution in [-0.4, -0.2) is 45.1 Å². The number of allylic oxidation sites excluding steroid dienone is 2. The van der Waals surface area contributed by atoms with Crippen LogP contribution >= 0.6 is 0 Å². The minimum atomic E-state index is -0.770. The smallest absolute Gasteiger partial charge is 0.303 e. The summed E-state index contributed by atoms with van der Waals surface area (Å²) in [4.78, 5) is 10.5. The fourth-order valence-corrected chi connectivity index (χ4v) is 3.86. The number of carboxylic acids is 1. The van der Waals surface area contributed by atoms with Crippen molar-refractivity contribution in [2.45, 2.75) is 83.0 Å². The zero-order chi connectivity index (χ0) is 18.2. The Morgan fingerprint density at radius 2 is 2.12 bits per heavy atom. The molecule has 2 aliphatic rings. The molecule has 2 fully saturated rings. The highest BCUT2D eigenvalue weighted by atomic mass is 16.5. The highest BCUT2D eigenvalue weighted by Crippen LogP contribution is 2.45. The molecule has 0 amide bonds. The molecule has 0 spiro atoms. The zero-order valence-electron chi connectivity index (χ0n) is 15.6. The Labute approximate surface area is 155 Å². The molecule has 1 heterocycles. The van der Waals surface area contributed by atoms with Crippen molar-refractivity contribution in [3.05, 3.63) is 24.0 Å². The van der Waals surface area contributed by atoms with Gasteiger partial charge in [-0.15, -0.1) is 0 Å². The van der Waals surface area contributed by atoms with Gasteiger partial charge in [0.2, 0.25) is 0 Å². The van der Waals surface area contributed by atoms with Crippen molar-refractivity contribution in [2.75, 3.05) is 0 Å². The molecule has 0 bridgehead atoms. The topological polar surface area (TPSA) is 118 Å². The Hall–Kier alpha value is -1.37. The number of hydrogen-bond donors (Lipinski definition) is 3. The van der Waals surface area contributed by atoms with Crippen molar-refractivity contribution < 1.29 is 30.3 Å². The summed E-state index contributed by atoms with van der Waals surface area (Å²) in [5, 5.41) is 29.0. The van der Waals surface area contributed by atoms with Gasteiger partial charge in [-0.2, -0.15) is 0 Å². The quantitative estimate of drug-likeness (QED) is 0.403. The first kappa shape index (κ1) is 22.7. The Bertz CT molecular complexity index is 487. The van der Waals surface area contributed by atoms with Crippen molar-refractivity contribution in [1.29, 1.82) is 0 Å². The van der Waals surface area contributed by atoms with Crippen LogP contribution in [0, 0.1) is 11.8 Å². The number of unbranched alkanes of at least 4 members (excludes halogenated alkanes) is 3. The molecule has 1 saturated carbocycles. The summed E-state index contributed by atoms with van der Waals surface area (Å²) < 4.78 is 5.94. The lowest BCUT2D eigenvalue weighted by Crippen LogP contribution is -2.18. The molecule has 0 aromatic heterocycles. The summed E-state index contributed by atoms with van der Waals surface area (Å²) in [6, 6.07) is 0. The van der Waals surface area contributed by atoms with Gasteiger partial charge in [0.1, 0.15) is 6.10 Å². The maximum Gasteiger partial charge on any atom is 0.303 e. The summed E-state index contributed by atoms with van der Waals surface area (Å²) >= 11 is 0. The largest absolute Gasteiger partial charge is 0.495 e. The number of carbonyl (C=O) groups is 1. The van der Waals surface area contributed by atoms with Crippen LogP contribution in [0.15, 0.2) is 24.0 Å². The Kier molecular flexibility index (Phi) is 9.91. The van der Waals surface area contributed by atoms with Crippen LogP contribution in [0.1, 0.15) is 64.7 Å². The first-order chi connectivity index (χ1) is 12.0. The molecule has 5 N–H and O–H groups in total. The Morgan fingerprint density at radius 3 is 2.81 bits per heavy atom. The van der Waals surface area contributed by atoms with Crippen molar-refractivity contribution >= 4 is 5.97 Å². The lowest BCUT2D eigenvalue weighted by Gasteiger charge is -2.16. The lowest BCUT2D eigenvalue weighted by molar-refractivity contribution is -0.137. The van der Waals surface area contributed by atoms with Crippen molar-refractivity contribution in [1.82, 2.24) is 0 Å². The molecule has 1 aliphatic carbocycles. The Balaban J connectivity index is 0.00000338.